The molecule has 1 aromatic rings. The van der Waals surface area contributed by atoms with Crippen molar-refractivity contribution in [2.45, 2.75) is 70.8 Å². The van der Waals surface area contributed by atoms with Gasteiger partial charge in [-0.3, -0.25) is 0 Å². The van der Waals surface area contributed by atoms with Crippen molar-refractivity contribution in [3.63, 3.8) is 0 Å². The monoisotopic (exact) mass is 285 g/mol. The first kappa shape index (κ1) is 16.3. The van der Waals surface area contributed by atoms with Crippen molar-refractivity contribution in [2.75, 3.05) is 0 Å². The van der Waals surface area contributed by atoms with Gasteiger partial charge in [0.15, 0.2) is 0 Å². The molecule has 0 amide bonds. The molecule has 2 N–H and O–H groups in total. The topological polar surface area (TPSA) is 26.0 Å². The molecule has 0 aliphatic heterocycles. The van der Waals surface area contributed by atoms with Crippen LogP contribution in [0.15, 0.2) is 42.0 Å². The third-order valence-corrected chi connectivity index (χ3v) is 5.08. The Bertz CT molecular complexity index is 434. The average molecular weight is 285 g/mol. The molecule has 1 aliphatic carbocycles. The molecule has 2 rings (SSSR count). The largest absolute Gasteiger partial charge is 0.324 e. The number of rotatable bonds is 5. The number of hydrogen-bond donors (Lipinski definition) is 1. The highest BCUT2D eigenvalue weighted by Gasteiger charge is 2.27. The number of nitrogens with two attached hydrogens (primary N) is 1. The molecule has 0 aromatic heterocycles. The number of benzene rings is 1. The Labute approximate surface area is 130 Å². The Balaban J connectivity index is 2.23. The summed E-state index contributed by atoms with van der Waals surface area (Å²) in [5.41, 5.74) is 9.66. The lowest BCUT2D eigenvalue weighted by Crippen LogP contribution is -2.34. The van der Waals surface area contributed by atoms with Crippen LogP contribution in [0.3, 0.4) is 0 Å². The van der Waals surface area contributed by atoms with Gasteiger partial charge in [-0.05, 0) is 37.2 Å². The minimum Gasteiger partial charge on any atom is -0.324 e. The Morgan fingerprint density at radius 3 is 2.48 bits per heavy atom. The van der Waals surface area contributed by atoms with Crippen LogP contribution in [0.2, 0.25) is 0 Å². The van der Waals surface area contributed by atoms with E-state index in [-0.39, 0.29) is 6.04 Å². The number of hydrogen-bond acceptors (Lipinski definition) is 1. The summed E-state index contributed by atoms with van der Waals surface area (Å²) in [4.78, 5) is 0. The maximum atomic E-state index is 6.75. The van der Waals surface area contributed by atoms with E-state index in [4.69, 9.17) is 5.73 Å². The quantitative estimate of drug-likeness (QED) is 0.718. The zero-order chi connectivity index (χ0) is 15.1. The Hall–Kier alpha value is -1.08. The van der Waals surface area contributed by atoms with Crippen molar-refractivity contribution in [3.8, 4) is 0 Å². The van der Waals surface area contributed by atoms with E-state index in [2.05, 4.69) is 50.3 Å². The van der Waals surface area contributed by atoms with Crippen molar-refractivity contribution in [1.29, 1.82) is 0 Å². The highest BCUT2D eigenvalue weighted by Crippen LogP contribution is 2.34. The molecule has 1 nitrogen and oxygen atoms in total. The summed E-state index contributed by atoms with van der Waals surface area (Å²) in [5.74, 6) is 1.07. The standard InChI is InChI=1S/C20H31N/c1-3-16(2)19(17-12-10-7-11-13-17)20(21)18-14-8-5-4-6-9-15-18/h7,10-14,16,19-20H,3-6,8-9,15,21H2,1-2H3/b18-14+. The predicted octanol–water partition coefficient (Wildman–Crippen LogP) is 5.42. The molecule has 0 saturated carbocycles. The van der Waals surface area contributed by atoms with Crippen LogP contribution in [0.5, 0.6) is 0 Å². The summed E-state index contributed by atoms with van der Waals surface area (Å²) in [5, 5.41) is 0. The molecule has 0 fully saturated rings. The second kappa shape index (κ2) is 8.38. The van der Waals surface area contributed by atoms with Gasteiger partial charge in [-0.2, -0.15) is 0 Å². The molecule has 116 valence electrons. The van der Waals surface area contributed by atoms with Gasteiger partial charge in [0.05, 0.1) is 0 Å². The molecule has 21 heavy (non-hydrogen) atoms. The molecule has 1 aliphatic rings. The van der Waals surface area contributed by atoms with Crippen molar-refractivity contribution in [2.24, 2.45) is 11.7 Å². The van der Waals surface area contributed by atoms with Crippen molar-refractivity contribution >= 4 is 0 Å². The van der Waals surface area contributed by atoms with E-state index < -0.39 is 0 Å². The Morgan fingerprint density at radius 2 is 1.76 bits per heavy atom. The van der Waals surface area contributed by atoms with Crippen molar-refractivity contribution in [1.82, 2.24) is 0 Å². The minimum absolute atomic E-state index is 0.181. The molecule has 1 aromatic carbocycles. The average Bonchev–Trinajstić information content (AvgIpc) is 2.48. The molecular formula is C20H31N. The van der Waals surface area contributed by atoms with Gasteiger partial charge in [-0.1, -0.05) is 75.1 Å². The first-order valence-electron chi connectivity index (χ1n) is 8.73. The first-order chi connectivity index (χ1) is 10.2. The van der Waals surface area contributed by atoms with Crippen molar-refractivity contribution in [3.05, 3.63) is 47.5 Å². The van der Waals surface area contributed by atoms with Gasteiger partial charge in [-0.15, -0.1) is 0 Å². The normalized spacial score (nSPS) is 23.3. The Kier molecular flexibility index (Phi) is 6.50. The highest BCUT2D eigenvalue weighted by molar-refractivity contribution is 5.27. The van der Waals surface area contributed by atoms with Gasteiger partial charge < -0.3 is 5.73 Å². The molecular weight excluding hydrogens is 254 g/mol. The lowest BCUT2D eigenvalue weighted by Gasteiger charge is -2.32. The van der Waals surface area contributed by atoms with Gasteiger partial charge in [-0.25, -0.2) is 0 Å². The van der Waals surface area contributed by atoms with Crippen LogP contribution in [-0.2, 0) is 0 Å². The molecule has 3 atom stereocenters. The summed E-state index contributed by atoms with van der Waals surface area (Å²) in [6.45, 7) is 4.63. The molecule has 0 heterocycles. The molecule has 0 radical (unpaired) electrons. The molecule has 3 unspecified atom stereocenters. The zero-order valence-electron chi connectivity index (χ0n) is 13.7. The van der Waals surface area contributed by atoms with E-state index in [1.54, 1.807) is 0 Å². The van der Waals surface area contributed by atoms with Crippen LogP contribution < -0.4 is 5.73 Å². The fourth-order valence-corrected chi connectivity index (χ4v) is 3.57. The van der Waals surface area contributed by atoms with Crippen LogP contribution in [0, 0.1) is 5.92 Å². The van der Waals surface area contributed by atoms with Crippen LogP contribution in [0.4, 0.5) is 0 Å². The van der Waals surface area contributed by atoms with Gasteiger partial charge in [0, 0.05) is 12.0 Å². The fourth-order valence-electron chi connectivity index (χ4n) is 3.57. The van der Waals surface area contributed by atoms with Crippen LogP contribution in [0.25, 0.3) is 0 Å². The summed E-state index contributed by atoms with van der Waals surface area (Å²) in [6, 6.07) is 11.1. The summed E-state index contributed by atoms with van der Waals surface area (Å²) in [7, 11) is 0. The van der Waals surface area contributed by atoms with Gasteiger partial charge in [0.1, 0.15) is 0 Å². The lowest BCUT2D eigenvalue weighted by molar-refractivity contribution is 0.398. The third-order valence-electron chi connectivity index (χ3n) is 5.08. The second-order valence-corrected chi connectivity index (χ2v) is 6.58. The zero-order valence-corrected chi connectivity index (χ0v) is 13.7. The maximum absolute atomic E-state index is 6.75. The van der Waals surface area contributed by atoms with E-state index in [0.717, 1.165) is 0 Å². The van der Waals surface area contributed by atoms with Gasteiger partial charge in [0.25, 0.3) is 0 Å². The van der Waals surface area contributed by atoms with Crippen LogP contribution >= 0.6 is 0 Å². The maximum Gasteiger partial charge on any atom is 0.0325 e. The van der Waals surface area contributed by atoms with Gasteiger partial charge in [0.2, 0.25) is 0 Å². The Morgan fingerprint density at radius 1 is 1.05 bits per heavy atom. The fraction of sp³-hybridized carbons (Fsp3) is 0.600. The summed E-state index contributed by atoms with van der Waals surface area (Å²) < 4.78 is 0. The summed E-state index contributed by atoms with van der Waals surface area (Å²) in [6.07, 6.45) is 11.4. The van der Waals surface area contributed by atoms with E-state index in [9.17, 15) is 0 Å². The lowest BCUT2D eigenvalue weighted by atomic mass is 9.76. The second-order valence-electron chi connectivity index (χ2n) is 6.58. The van der Waals surface area contributed by atoms with Crippen LogP contribution in [-0.4, -0.2) is 6.04 Å². The van der Waals surface area contributed by atoms with Gasteiger partial charge >= 0.3 is 0 Å². The number of allylic oxidation sites excluding steroid dienone is 1. The van der Waals surface area contributed by atoms with Crippen molar-refractivity contribution < 1.29 is 0 Å². The third kappa shape index (κ3) is 4.44. The molecule has 0 spiro atoms. The van der Waals surface area contributed by atoms with E-state index in [0.29, 0.717) is 11.8 Å². The van der Waals surface area contributed by atoms with E-state index >= 15 is 0 Å². The van der Waals surface area contributed by atoms with E-state index in [1.807, 2.05) is 0 Å². The highest BCUT2D eigenvalue weighted by atomic mass is 14.7. The molecule has 0 bridgehead atoms. The minimum atomic E-state index is 0.181. The smallest absolute Gasteiger partial charge is 0.0325 e. The predicted molar refractivity (Wildman–Crippen MR) is 92.4 cm³/mol. The molecule has 0 saturated heterocycles. The van der Waals surface area contributed by atoms with Crippen LogP contribution in [0.1, 0.15) is 70.3 Å². The van der Waals surface area contributed by atoms with E-state index in [1.165, 1.54) is 56.1 Å². The SMILES string of the molecule is CCC(C)C(c1ccccc1)C(N)/C1=C/CCCCCC1. The molecule has 1 heteroatoms. The summed E-state index contributed by atoms with van der Waals surface area (Å²) >= 11 is 0. The first-order valence-corrected chi connectivity index (χ1v) is 8.73.